The van der Waals surface area contributed by atoms with Crippen LogP contribution >= 0.6 is 23.2 Å². The number of halogens is 2. The van der Waals surface area contributed by atoms with Crippen molar-refractivity contribution < 1.29 is 18.8 Å². The second kappa shape index (κ2) is 8.17. The zero-order valence-electron chi connectivity index (χ0n) is 16.6. The first-order valence-corrected chi connectivity index (χ1v) is 10.1. The number of hydrogen-bond acceptors (Lipinski definition) is 6. The van der Waals surface area contributed by atoms with E-state index in [0.717, 1.165) is 5.56 Å². The van der Waals surface area contributed by atoms with Crippen LogP contribution in [0.4, 0.5) is 5.69 Å². The second-order valence-electron chi connectivity index (χ2n) is 7.17. The van der Waals surface area contributed by atoms with Gasteiger partial charge in [-0.05, 0) is 37.6 Å². The SMILES string of the molecule is Cc1ccc(NC(=O)c2c(-c3c(Cl)cccc3Cl)noc2C)c(C2COC(=O)C2=N)c1. The smallest absolute Gasteiger partial charge is 0.352 e. The molecule has 1 saturated heterocycles. The average Bonchev–Trinajstić information content (AvgIpc) is 3.26. The van der Waals surface area contributed by atoms with Crippen LogP contribution in [0.15, 0.2) is 40.9 Å². The van der Waals surface area contributed by atoms with Crippen LogP contribution in [0.1, 0.15) is 33.2 Å². The standard InChI is InChI=1S/C22H17Cl2N3O4/c1-10-6-7-16(12(8-10)13-9-30-22(29)19(13)25)26-21(28)17-11(2)31-27-20(17)18-14(23)4-3-5-15(18)24/h3-8,13,25H,9H2,1-2H3,(H,26,28). The Hall–Kier alpha value is -3.16. The van der Waals surface area contributed by atoms with Gasteiger partial charge in [0.2, 0.25) is 0 Å². The number of nitrogens with one attached hydrogen (secondary N) is 2. The molecule has 1 aliphatic rings. The van der Waals surface area contributed by atoms with Gasteiger partial charge in [-0.15, -0.1) is 0 Å². The fourth-order valence-corrected chi connectivity index (χ4v) is 4.09. The van der Waals surface area contributed by atoms with E-state index in [2.05, 4.69) is 10.5 Å². The van der Waals surface area contributed by atoms with Gasteiger partial charge < -0.3 is 14.6 Å². The molecule has 1 fully saturated rings. The van der Waals surface area contributed by atoms with E-state index in [1.54, 1.807) is 31.2 Å². The van der Waals surface area contributed by atoms with Gasteiger partial charge in [0.1, 0.15) is 29.3 Å². The third-order valence-corrected chi connectivity index (χ3v) is 5.70. The maximum atomic E-state index is 13.3. The third-order valence-electron chi connectivity index (χ3n) is 5.07. The molecular formula is C22H17Cl2N3O4. The molecule has 1 unspecified atom stereocenters. The maximum Gasteiger partial charge on any atom is 0.352 e. The van der Waals surface area contributed by atoms with E-state index in [-0.39, 0.29) is 23.6 Å². The monoisotopic (exact) mass is 457 g/mol. The molecule has 158 valence electrons. The van der Waals surface area contributed by atoms with E-state index in [1.807, 2.05) is 19.1 Å². The molecule has 2 heterocycles. The largest absolute Gasteiger partial charge is 0.460 e. The number of amides is 1. The maximum absolute atomic E-state index is 13.3. The number of ether oxygens (including phenoxy) is 1. The number of carbonyl (C=O) groups is 2. The van der Waals surface area contributed by atoms with Crippen molar-refractivity contribution in [3.63, 3.8) is 0 Å². The van der Waals surface area contributed by atoms with Gasteiger partial charge in [-0.3, -0.25) is 10.2 Å². The number of esters is 1. The molecule has 0 saturated carbocycles. The van der Waals surface area contributed by atoms with Crippen molar-refractivity contribution >= 4 is 46.5 Å². The highest BCUT2D eigenvalue weighted by Crippen LogP contribution is 2.37. The summed E-state index contributed by atoms with van der Waals surface area (Å²) in [6.07, 6.45) is 0. The minimum atomic E-state index is -0.658. The van der Waals surface area contributed by atoms with E-state index < -0.39 is 17.8 Å². The Bertz CT molecular complexity index is 1220. The van der Waals surface area contributed by atoms with Crippen LogP contribution in [-0.2, 0) is 9.53 Å². The molecule has 1 aliphatic heterocycles. The van der Waals surface area contributed by atoms with Gasteiger partial charge in [-0.25, -0.2) is 4.79 Å². The molecule has 0 radical (unpaired) electrons. The number of carbonyl (C=O) groups excluding carboxylic acids is 2. The number of rotatable bonds is 4. The van der Waals surface area contributed by atoms with Crippen LogP contribution in [0, 0.1) is 19.3 Å². The van der Waals surface area contributed by atoms with Crippen molar-refractivity contribution in [3.8, 4) is 11.3 Å². The number of nitrogens with zero attached hydrogens (tertiary/aromatic N) is 1. The fraction of sp³-hybridized carbons (Fsp3) is 0.182. The molecule has 3 aromatic rings. The molecular weight excluding hydrogens is 441 g/mol. The summed E-state index contributed by atoms with van der Waals surface area (Å²) in [7, 11) is 0. The van der Waals surface area contributed by atoms with Crippen LogP contribution in [0.25, 0.3) is 11.3 Å². The highest BCUT2D eigenvalue weighted by molar-refractivity contribution is 6.40. The Morgan fingerprint density at radius 2 is 1.90 bits per heavy atom. The van der Waals surface area contributed by atoms with Crippen molar-refractivity contribution in [2.45, 2.75) is 19.8 Å². The van der Waals surface area contributed by atoms with E-state index in [9.17, 15) is 9.59 Å². The molecule has 0 bridgehead atoms. The lowest BCUT2D eigenvalue weighted by atomic mass is 9.93. The van der Waals surface area contributed by atoms with E-state index in [4.69, 9.17) is 37.9 Å². The zero-order valence-corrected chi connectivity index (χ0v) is 18.1. The molecule has 2 aromatic carbocycles. The lowest BCUT2D eigenvalue weighted by Crippen LogP contribution is -2.18. The Kier molecular flexibility index (Phi) is 5.56. The molecule has 1 amide bonds. The predicted octanol–water partition coefficient (Wildman–Crippen LogP) is 5.18. The first kappa shape index (κ1) is 21.1. The molecule has 0 spiro atoms. The Morgan fingerprint density at radius 1 is 1.19 bits per heavy atom. The van der Waals surface area contributed by atoms with Crippen LogP contribution in [0.2, 0.25) is 10.0 Å². The van der Waals surface area contributed by atoms with Crippen LogP contribution in [-0.4, -0.2) is 29.4 Å². The van der Waals surface area contributed by atoms with Gasteiger partial charge >= 0.3 is 5.97 Å². The van der Waals surface area contributed by atoms with Gasteiger partial charge in [0, 0.05) is 11.3 Å². The highest BCUT2D eigenvalue weighted by atomic mass is 35.5. The number of benzene rings is 2. The Labute approximate surface area is 187 Å². The topological polar surface area (TPSA) is 105 Å². The summed E-state index contributed by atoms with van der Waals surface area (Å²) >= 11 is 12.6. The number of anilines is 1. The van der Waals surface area contributed by atoms with E-state index in [0.29, 0.717) is 32.6 Å². The highest BCUT2D eigenvalue weighted by Gasteiger charge is 2.34. The van der Waals surface area contributed by atoms with Gasteiger partial charge in [0.25, 0.3) is 5.91 Å². The first-order valence-electron chi connectivity index (χ1n) is 9.36. The molecule has 1 aromatic heterocycles. The van der Waals surface area contributed by atoms with Crippen molar-refractivity contribution in [2.24, 2.45) is 0 Å². The van der Waals surface area contributed by atoms with Crippen LogP contribution < -0.4 is 5.32 Å². The predicted molar refractivity (Wildman–Crippen MR) is 117 cm³/mol. The Balaban J connectivity index is 1.74. The van der Waals surface area contributed by atoms with Crippen LogP contribution in [0.5, 0.6) is 0 Å². The summed E-state index contributed by atoms with van der Waals surface area (Å²) < 4.78 is 10.3. The summed E-state index contributed by atoms with van der Waals surface area (Å²) in [6, 6.07) is 10.4. The summed E-state index contributed by atoms with van der Waals surface area (Å²) in [5, 5.41) is 15.5. The minimum Gasteiger partial charge on any atom is -0.460 e. The number of cyclic esters (lactones) is 1. The summed E-state index contributed by atoms with van der Waals surface area (Å²) in [5.41, 5.74) is 2.67. The molecule has 9 heteroatoms. The van der Waals surface area contributed by atoms with E-state index >= 15 is 0 Å². The van der Waals surface area contributed by atoms with Crippen molar-refractivity contribution in [1.82, 2.24) is 5.16 Å². The lowest BCUT2D eigenvalue weighted by molar-refractivity contribution is -0.132. The number of aryl methyl sites for hydroxylation is 2. The van der Waals surface area contributed by atoms with E-state index in [1.165, 1.54) is 0 Å². The van der Waals surface area contributed by atoms with Crippen molar-refractivity contribution in [1.29, 1.82) is 5.41 Å². The average molecular weight is 458 g/mol. The van der Waals surface area contributed by atoms with Crippen molar-refractivity contribution in [3.05, 3.63) is 68.9 Å². The zero-order chi connectivity index (χ0) is 22.3. The van der Waals surface area contributed by atoms with Crippen LogP contribution in [0.3, 0.4) is 0 Å². The molecule has 31 heavy (non-hydrogen) atoms. The van der Waals surface area contributed by atoms with Crippen molar-refractivity contribution in [2.75, 3.05) is 11.9 Å². The molecule has 4 rings (SSSR count). The molecule has 2 N–H and O–H groups in total. The third kappa shape index (κ3) is 3.82. The normalized spacial score (nSPS) is 15.8. The fourth-order valence-electron chi connectivity index (χ4n) is 3.51. The summed E-state index contributed by atoms with van der Waals surface area (Å²) in [4.78, 5) is 25.0. The molecule has 7 nitrogen and oxygen atoms in total. The quantitative estimate of drug-likeness (QED) is 0.525. The van der Waals surface area contributed by atoms with Gasteiger partial charge in [-0.2, -0.15) is 0 Å². The first-order chi connectivity index (χ1) is 14.8. The minimum absolute atomic E-state index is 0.0523. The Morgan fingerprint density at radius 3 is 2.55 bits per heavy atom. The molecule has 0 aliphatic carbocycles. The summed E-state index contributed by atoms with van der Waals surface area (Å²) in [5.74, 6) is -1.41. The molecule has 1 atom stereocenters. The lowest BCUT2D eigenvalue weighted by Gasteiger charge is -2.16. The summed E-state index contributed by atoms with van der Waals surface area (Å²) in [6.45, 7) is 3.56. The van der Waals surface area contributed by atoms with Gasteiger partial charge in [0.15, 0.2) is 0 Å². The van der Waals surface area contributed by atoms with Gasteiger partial charge in [0.05, 0.1) is 16.0 Å². The number of aromatic nitrogens is 1. The number of hydrogen-bond donors (Lipinski definition) is 2. The second-order valence-corrected chi connectivity index (χ2v) is 7.98. The van der Waals surface area contributed by atoms with Gasteiger partial charge in [-0.1, -0.05) is 52.1 Å².